The first kappa shape index (κ1) is 98.5. The highest BCUT2D eigenvalue weighted by Crippen LogP contribution is 2.34. The van der Waals surface area contributed by atoms with E-state index in [0.717, 1.165) is 51.6 Å². The Bertz CT molecular complexity index is 5080. The van der Waals surface area contributed by atoms with Crippen LogP contribution in [0.5, 0.6) is 5.75 Å². The van der Waals surface area contributed by atoms with Gasteiger partial charge in [-0.2, -0.15) is 13.2 Å². The minimum absolute atomic E-state index is 0.0168. The molecule has 3 aliphatic heterocycles. The number of halogens is 3. The molecule has 0 bridgehead atoms. The predicted molar refractivity (Wildman–Crippen MR) is 511 cm³/mol. The van der Waals surface area contributed by atoms with Crippen molar-refractivity contribution in [2.45, 2.75) is 125 Å². The van der Waals surface area contributed by atoms with Gasteiger partial charge in [0.1, 0.15) is 5.75 Å². The molecule has 0 aromatic heterocycles. The van der Waals surface area contributed by atoms with Gasteiger partial charge in [0, 0.05) is 138 Å². The standard InChI is InChI=1S/C34H39F3N6O2.C34H42N6O3.C34H42N6O2/c35-34(36,37)29-15-8-7-14-26(29)17-18-31(44)41-22-27-19-21-43(32(45)30(42-27)16-9-20-40-33(38)39)23-28(24-10-3-1-4-11-24)25-12-5-2-6-13-25;1-43-31-17-9-8-15-27(31)18-19-32(41)38-23-28-20-22-40(33(42)30(39-28)16-10-21-37-34(35)36)24-29(25-11-4-2-5-12-25)26-13-6-3-7-14-26;1-25-14-16-26(17-15-25)18-19-32(41)38-23-29-20-22-40(33(42)31(39-29)13-8-21-37-34(35)36)24-30(27-9-4-2-5-10-27)28-11-6-3-7-12-28/h1-8,10-15,17-18,27-28,30,42H,9,16,19-23H2,(H,41,44)(H4,38,39,40);2-9,11-15,17-19,28-30,39H,10,16,20-24H2,1H3,(H,38,41)(H4,35,36,37);2-7,9-12,14-19,29-31,39H,8,13,20-24H2,1H3,(H,38,41)(H4,35,36,37)/b18-17+;2*19-18+/t27-,30-;28-,30-;29-,31-/m000/s1. The van der Waals surface area contributed by atoms with Gasteiger partial charge in [0.2, 0.25) is 35.4 Å². The molecule has 3 heterocycles. The van der Waals surface area contributed by atoms with Crippen molar-refractivity contribution in [3.63, 3.8) is 0 Å². The Morgan fingerprint density at radius 2 is 0.692 bits per heavy atom. The molecule has 3 aliphatic rings. The molecule has 0 unspecified atom stereocenters. The van der Waals surface area contributed by atoms with Crippen LogP contribution >= 0.6 is 0 Å². The van der Waals surface area contributed by atoms with E-state index in [2.05, 4.69) is 120 Å². The van der Waals surface area contributed by atoms with Gasteiger partial charge in [-0.05, 0) is 140 Å². The second-order valence-electron chi connectivity index (χ2n) is 32.4. The molecule has 9 aromatic carbocycles. The van der Waals surface area contributed by atoms with E-state index in [1.54, 1.807) is 25.3 Å². The van der Waals surface area contributed by atoms with Gasteiger partial charge >= 0.3 is 6.18 Å². The summed E-state index contributed by atoms with van der Waals surface area (Å²) >= 11 is 0. The second kappa shape index (κ2) is 51.9. The summed E-state index contributed by atoms with van der Waals surface area (Å²) < 4.78 is 45.4. The summed E-state index contributed by atoms with van der Waals surface area (Å²) in [6, 6.07) is 80.2. The molecule has 12 rings (SSSR count). The van der Waals surface area contributed by atoms with Crippen molar-refractivity contribution in [3.05, 3.63) is 334 Å². The zero-order valence-corrected chi connectivity index (χ0v) is 73.9. The third kappa shape index (κ3) is 32.6. The fourth-order valence-electron chi connectivity index (χ4n) is 16.1. The van der Waals surface area contributed by atoms with Crippen LogP contribution in [0.25, 0.3) is 18.2 Å². The molecular weight excluding hydrogens is 1650 g/mol. The summed E-state index contributed by atoms with van der Waals surface area (Å²) in [6.07, 6.45) is 9.81. The Labute approximate surface area is 760 Å². The number of benzene rings is 9. The van der Waals surface area contributed by atoms with Gasteiger partial charge in [-0.25, -0.2) is 0 Å². The minimum Gasteiger partial charge on any atom is -0.496 e. The summed E-state index contributed by atoms with van der Waals surface area (Å²) in [5.74, 6) is -0.0441. The highest BCUT2D eigenvalue weighted by atomic mass is 19.4. The minimum atomic E-state index is -4.53. The number of amides is 6. The summed E-state index contributed by atoms with van der Waals surface area (Å²) in [5, 5.41) is 19.3. The third-order valence-electron chi connectivity index (χ3n) is 22.9. The van der Waals surface area contributed by atoms with Gasteiger partial charge < -0.3 is 85.7 Å². The number of nitrogens with one attached hydrogen (secondary N) is 6. The molecule has 684 valence electrons. The smallest absolute Gasteiger partial charge is 0.416 e. The van der Waals surface area contributed by atoms with Crippen LogP contribution in [0.3, 0.4) is 0 Å². The Hall–Kier alpha value is -13.7. The molecule has 0 spiro atoms. The molecule has 18 N–H and O–H groups in total. The van der Waals surface area contributed by atoms with Gasteiger partial charge in [0.25, 0.3) is 0 Å². The predicted octanol–water partition coefficient (Wildman–Crippen LogP) is 11.1. The fraction of sp³-hybridized carbons (Fsp3) is 0.324. The van der Waals surface area contributed by atoms with Crippen molar-refractivity contribution in [1.29, 1.82) is 0 Å². The number of carbonyl (C=O) groups excluding carboxylic acids is 6. The number of methoxy groups -OCH3 is 1. The average Bonchev–Trinajstić information content (AvgIpc) is 1.55. The zero-order valence-electron chi connectivity index (χ0n) is 73.9. The van der Waals surface area contributed by atoms with Crippen molar-refractivity contribution < 1.29 is 46.7 Å². The average molecular weight is 1770 g/mol. The van der Waals surface area contributed by atoms with Gasteiger partial charge in [0.05, 0.1) is 30.8 Å². The van der Waals surface area contributed by atoms with Crippen LogP contribution < -0.4 is 71.0 Å². The SMILES string of the molecule is COc1ccccc1/C=C/C(=O)NC[C@@H]1CCN(CC(c2ccccc2)c2ccccc2)C(=O)[C@H](CCCN=C(N)N)N1.Cc1ccc(/C=C/C(=O)NC[C@@H]2CCN(CC(c3ccccc3)c3ccccc3)C(=O)[C@H](CCCN=C(N)N)N2)cc1.NC(N)=NCCC[C@@H]1N[C@H](CNC(=O)/C=C/c2ccccc2C(F)(F)F)CCN(CC(c2ccccc2)c2ccccc2)C1=O. The molecule has 25 nitrogen and oxygen atoms in total. The summed E-state index contributed by atoms with van der Waals surface area (Å²) in [4.78, 5) is 97.7. The first-order valence-electron chi connectivity index (χ1n) is 44.3. The molecule has 0 aliphatic carbocycles. The van der Waals surface area contributed by atoms with E-state index in [1.807, 2.05) is 179 Å². The number of aryl methyl sites for hydroxylation is 1. The number of hydrogen-bond acceptors (Lipinski definition) is 13. The van der Waals surface area contributed by atoms with E-state index in [0.29, 0.717) is 136 Å². The van der Waals surface area contributed by atoms with Crippen molar-refractivity contribution in [2.24, 2.45) is 49.4 Å². The van der Waals surface area contributed by atoms with Crippen molar-refractivity contribution in [3.8, 4) is 5.75 Å². The number of para-hydroxylation sites is 1. The molecule has 0 saturated carbocycles. The normalized spacial score (nSPS) is 17.2. The molecule has 28 heteroatoms. The molecule has 6 atom stereocenters. The number of carbonyl (C=O) groups is 6. The lowest BCUT2D eigenvalue weighted by molar-refractivity contribution is -0.138. The maximum absolute atomic E-state index is 13.9. The largest absolute Gasteiger partial charge is 0.496 e. The molecule has 6 amide bonds. The van der Waals surface area contributed by atoms with Crippen molar-refractivity contribution in [1.82, 2.24) is 46.6 Å². The van der Waals surface area contributed by atoms with Gasteiger partial charge in [-0.15, -0.1) is 0 Å². The summed E-state index contributed by atoms with van der Waals surface area (Å²) in [5.41, 5.74) is 41.9. The molecule has 3 fully saturated rings. The molecule has 9 aromatic rings. The monoisotopic (exact) mass is 1770 g/mol. The van der Waals surface area contributed by atoms with Crippen LogP contribution in [0, 0.1) is 6.92 Å². The van der Waals surface area contributed by atoms with Gasteiger partial charge in [-0.1, -0.05) is 248 Å². The quantitative estimate of drug-likeness (QED) is 0.00745. The maximum Gasteiger partial charge on any atom is 0.416 e. The van der Waals surface area contributed by atoms with E-state index in [9.17, 15) is 41.9 Å². The third-order valence-corrected chi connectivity index (χ3v) is 22.9. The van der Waals surface area contributed by atoms with E-state index in [1.165, 1.54) is 41.0 Å². The van der Waals surface area contributed by atoms with Crippen LogP contribution in [0.15, 0.2) is 288 Å². The number of hydrogen-bond donors (Lipinski definition) is 12. The van der Waals surface area contributed by atoms with Crippen LogP contribution in [0.4, 0.5) is 13.2 Å². The van der Waals surface area contributed by atoms with Gasteiger partial charge in [-0.3, -0.25) is 43.7 Å². The molecule has 3 saturated heterocycles. The number of ether oxygens (including phenoxy) is 1. The lowest BCUT2D eigenvalue weighted by atomic mass is 9.90. The molecular formula is C102H123F3N18O7. The number of alkyl halides is 3. The van der Waals surface area contributed by atoms with Crippen LogP contribution in [0.2, 0.25) is 0 Å². The lowest BCUT2D eigenvalue weighted by Crippen LogP contribution is -2.49. The molecule has 130 heavy (non-hydrogen) atoms. The van der Waals surface area contributed by atoms with Crippen molar-refractivity contribution in [2.75, 3.05) is 85.6 Å². The highest BCUT2D eigenvalue weighted by molar-refractivity contribution is 5.93. The first-order valence-corrected chi connectivity index (χ1v) is 44.3. The number of nitrogens with zero attached hydrogens (tertiary/aromatic N) is 6. The number of rotatable bonds is 37. The molecule has 0 radical (unpaired) electrons. The topological polar surface area (TPSA) is 387 Å². The number of nitrogens with two attached hydrogens (primary N) is 6. The summed E-state index contributed by atoms with van der Waals surface area (Å²) in [6.45, 7) is 7.52. The number of guanidine groups is 3. The first-order chi connectivity index (χ1) is 62.9. The fourth-order valence-corrected chi connectivity index (χ4v) is 16.1. The number of aliphatic imine (C=N–C) groups is 3. The van der Waals surface area contributed by atoms with E-state index < -0.39 is 35.8 Å². The van der Waals surface area contributed by atoms with E-state index in [4.69, 9.17) is 39.1 Å². The Kier molecular flexibility index (Phi) is 39.3. The second-order valence-corrected chi connectivity index (χ2v) is 32.4. The summed E-state index contributed by atoms with van der Waals surface area (Å²) in [7, 11) is 1.60. The lowest BCUT2D eigenvalue weighted by Gasteiger charge is -2.29. The van der Waals surface area contributed by atoms with Crippen molar-refractivity contribution >= 4 is 71.5 Å². The maximum atomic E-state index is 13.9. The Morgan fingerprint density at radius 1 is 0.408 bits per heavy atom. The zero-order chi connectivity index (χ0) is 92.4. The van der Waals surface area contributed by atoms with Crippen LogP contribution in [0.1, 0.15) is 137 Å². The van der Waals surface area contributed by atoms with E-state index >= 15 is 0 Å². The van der Waals surface area contributed by atoms with Crippen LogP contribution in [-0.2, 0) is 34.9 Å². The highest BCUT2D eigenvalue weighted by Gasteiger charge is 2.37. The Balaban J connectivity index is 0.000000203. The van der Waals surface area contributed by atoms with E-state index in [-0.39, 0.29) is 95.4 Å². The Morgan fingerprint density at radius 3 is 1.00 bits per heavy atom. The van der Waals surface area contributed by atoms with Crippen LogP contribution in [-0.4, -0.2) is 190 Å². The van der Waals surface area contributed by atoms with Gasteiger partial charge in [0.15, 0.2) is 17.9 Å².